The SMILES string of the molecule is CC(C)OC(=O)c1cc(-c2nn(C)c(C(F)(F)F)c2Br)c(F)cc1Cl.CP(=O)(O)CCC(N)C(=O)O.Nc1c([N+](=O)[O-])ccc(Oc2ccccc2)c1Cl. The minimum Gasteiger partial charge on any atom is -0.480 e. The van der Waals surface area contributed by atoms with Gasteiger partial charge in [-0.15, -0.1) is 0 Å². The number of nitrogens with zero attached hydrogens (tertiary/aromatic N) is 3. The summed E-state index contributed by atoms with van der Waals surface area (Å²) in [5.74, 6) is -2.01. The number of aliphatic carboxylic acids is 1. The number of nitrogen functional groups attached to an aromatic ring is 1. The van der Waals surface area contributed by atoms with Crippen LogP contribution in [0.3, 0.4) is 0 Å². The molecule has 0 amide bonds. The Balaban J connectivity index is 0.000000304. The highest BCUT2D eigenvalue weighted by atomic mass is 79.9. The second-order valence-corrected chi connectivity index (χ2v) is 15.5. The standard InChI is InChI=1S/C15H12BrClF4N2O2.C12H9ClN2O3.C5H12NO4P/c1-6(2)25-14(24)7-4-8(10(18)5-9(7)17)12-11(16)13(15(19,20)21)23(3)22-12;13-11-10(18-8-4-2-1-3-5-8)7-6-9(12(11)14)15(16)17;1-11(9,10)3-2-4(6)5(7)8/h4-6H,1-3H3;1-7H,14H2;4H,2-3,6H2,1H3,(H,7,8)(H,9,10). The summed E-state index contributed by atoms with van der Waals surface area (Å²) >= 11 is 14.6. The van der Waals surface area contributed by atoms with Gasteiger partial charge in [0.25, 0.3) is 5.69 Å². The lowest BCUT2D eigenvalue weighted by Gasteiger charge is -2.11. The van der Waals surface area contributed by atoms with Gasteiger partial charge >= 0.3 is 18.1 Å². The fourth-order valence-electron chi connectivity index (χ4n) is 4.06. The van der Waals surface area contributed by atoms with Crippen molar-refractivity contribution in [2.45, 2.75) is 38.6 Å². The molecule has 0 fully saturated rings. The number of carbonyl (C=O) groups is 2. The highest BCUT2D eigenvalue weighted by Gasteiger charge is 2.39. The van der Waals surface area contributed by atoms with Crippen LogP contribution in [0.4, 0.5) is 28.9 Å². The van der Waals surface area contributed by atoms with Crippen molar-refractivity contribution >= 4 is 69.8 Å². The molecule has 0 saturated carbocycles. The summed E-state index contributed by atoms with van der Waals surface area (Å²) < 4.78 is 74.8. The van der Waals surface area contributed by atoms with Gasteiger partial charge in [-0.2, -0.15) is 18.3 Å². The lowest BCUT2D eigenvalue weighted by Crippen LogP contribution is -2.30. The second-order valence-electron chi connectivity index (χ2n) is 11.4. The smallest absolute Gasteiger partial charge is 0.434 e. The molecule has 54 heavy (non-hydrogen) atoms. The van der Waals surface area contributed by atoms with Crippen molar-refractivity contribution in [3.05, 3.63) is 96.3 Å². The number of nitro groups is 1. The molecule has 0 aliphatic heterocycles. The summed E-state index contributed by atoms with van der Waals surface area (Å²) in [6.45, 7) is 4.41. The predicted molar refractivity (Wildman–Crippen MR) is 197 cm³/mol. The number of benzene rings is 3. The highest BCUT2D eigenvalue weighted by Crippen LogP contribution is 2.42. The largest absolute Gasteiger partial charge is 0.480 e. The minimum atomic E-state index is -4.69. The molecule has 1 heterocycles. The number of aryl methyl sites for hydroxylation is 1. The number of esters is 1. The van der Waals surface area contributed by atoms with E-state index in [4.69, 9.17) is 54.1 Å². The number of anilines is 1. The third-order valence-electron chi connectivity index (χ3n) is 6.59. The zero-order valence-corrected chi connectivity index (χ0v) is 32.6. The van der Waals surface area contributed by atoms with Crippen molar-refractivity contribution < 1.29 is 56.1 Å². The van der Waals surface area contributed by atoms with E-state index in [1.54, 1.807) is 38.1 Å². The van der Waals surface area contributed by atoms with E-state index in [1.165, 1.54) is 18.8 Å². The number of nitro benzene ring substituents is 1. The summed E-state index contributed by atoms with van der Waals surface area (Å²) in [5, 5.41) is 22.5. The molecule has 294 valence electrons. The fraction of sp³-hybridized carbons (Fsp3) is 0.281. The number of aromatic nitrogens is 2. The van der Waals surface area contributed by atoms with Gasteiger partial charge in [-0.1, -0.05) is 41.4 Å². The molecule has 0 aliphatic rings. The Bertz CT molecular complexity index is 2030. The molecule has 3 aromatic carbocycles. The lowest BCUT2D eigenvalue weighted by molar-refractivity contribution is -0.383. The Labute approximate surface area is 323 Å². The summed E-state index contributed by atoms with van der Waals surface area (Å²) in [7, 11) is -2.02. The topological polar surface area (TPSA) is 223 Å². The summed E-state index contributed by atoms with van der Waals surface area (Å²) in [5.41, 5.74) is 8.48. The maximum absolute atomic E-state index is 14.3. The molecule has 2 atom stereocenters. The van der Waals surface area contributed by atoms with E-state index in [2.05, 4.69) is 21.0 Å². The first-order chi connectivity index (χ1) is 24.8. The number of rotatable bonds is 10. The lowest BCUT2D eigenvalue weighted by atomic mass is 10.1. The molecule has 1 aromatic heterocycles. The third-order valence-corrected chi connectivity index (χ3v) is 9.14. The van der Waals surface area contributed by atoms with Crippen LogP contribution in [0.1, 0.15) is 36.3 Å². The highest BCUT2D eigenvalue weighted by molar-refractivity contribution is 9.10. The number of nitrogens with two attached hydrogens (primary N) is 2. The second kappa shape index (κ2) is 19.4. The zero-order chi connectivity index (χ0) is 41.3. The summed E-state index contributed by atoms with van der Waals surface area (Å²) in [4.78, 5) is 41.0. The van der Waals surface area contributed by atoms with Gasteiger partial charge < -0.3 is 30.9 Å². The number of alkyl halides is 3. The molecule has 14 nitrogen and oxygen atoms in total. The Kier molecular flexibility index (Phi) is 16.5. The quantitative estimate of drug-likeness (QED) is 0.0294. The van der Waals surface area contributed by atoms with Crippen LogP contribution in [0.25, 0.3) is 11.3 Å². The fourth-order valence-corrected chi connectivity index (χ4v) is 6.02. The Morgan fingerprint density at radius 3 is 2.22 bits per heavy atom. The van der Waals surface area contributed by atoms with Gasteiger partial charge in [0, 0.05) is 31.5 Å². The molecule has 0 radical (unpaired) electrons. The first kappa shape index (κ1) is 45.9. The maximum Gasteiger partial charge on any atom is 0.434 e. The average Bonchev–Trinajstić information content (AvgIpc) is 3.35. The first-order valence-corrected chi connectivity index (χ1v) is 18.9. The number of hydrogen-bond donors (Lipinski definition) is 4. The summed E-state index contributed by atoms with van der Waals surface area (Å²) in [6, 6.07) is 12.5. The van der Waals surface area contributed by atoms with Crippen molar-refractivity contribution in [2.24, 2.45) is 12.8 Å². The molecular formula is C32H33BrCl2F4N5O9P. The Morgan fingerprint density at radius 2 is 1.74 bits per heavy atom. The Hall–Kier alpha value is -4.26. The molecule has 2 unspecified atom stereocenters. The van der Waals surface area contributed by atoms with E-state index in [-0.39, 0.29) is 56.6 Å². The van der Waals surface area contributed by atoms with Gasteiger partial charge in [-0.3, -0.25) is 24.2 Å². The number of carboxylic acid groups (broad SMARTS) is 1. The molecule has 4 rings (SSSR count). The van der Waals surface area contributed by atoms with Gasteiger partial charge in [0.15, 0.2) is 13.1 Å². The molecule has 6 N–H and O–H groups in total. The molecule has 4 aromatic rings. The Morgan fingerprint density at radius 1 is 1.15 bits per heavy atom. The van der Waals surface area contributed by atoms with Crippen LogP contribution in [0, 0.1) is 15.9 Å². The van der Waals surface area contributed by atoms with Crippen molar-refractivity contribution in [3.63, 3.8) is 0 Å². The van der Waals surface area contributed by atoms with E-state index in [0.717, 1.165) is 19.2 Å². The number of hydrogen-bond acceptors (Lipinski definition) is 10. The van der Waals surface area contributed by atoms with E-state index in [9.17, 15) is 41.8 Å². The monoisotopic (exact) mass is 887 g/mol. The maximum atomic E-state index is 14.3. The summed E-state index contributed by atoms with van der Waals surface area (Å²) in [6.07, 6.45) is -5.14. The molecule has 0 spiro atoms. The predicted octanol–water partition coefficient (Wildman–Crippen LogP) is 8.54. The van der Waals surface area contributed by atoms with E-state index >= 15 is 0 Å². The van der Waals surface area contributed by atoms with Gasteiger partial charge in [0.05, 0.1) is 26.1 Å². The van der Waals surface area contributed by atoms with Crippen molar-refractivity contribution in [2.75, 3.05) is 18.6 Å². The van der Waals surface area contributed by atoms with Crippen molar-refractivity contribution in [1.29, 1.82) is 0 Å². The van der Waals surface area contributed by atoms with E-state index in [0.29, 0.717) is 10.4 Å². The number of carboxylic acids is 1. The molecule has 0 aliphatic carbocycles. The van der Waals surface area contributed by atoms with Crippen LogP contribution in [0.15, 0.2) is 59.1 Å². The van der Waals surface area contributed by atoms with Crippen LogP contribution in [-0.4, -0.2) is 61.6 Å². The number of para-hydroxylation sites is 1. The number of carbonyl (C=O) groups excluding carboxylic acids is 1. The molecule has 22 heteroatoms. The molecular weight excluding hydrogens is 856 g/mol. The van der Waals surface area contributed by atoms with Crippen LogP contribution in [0.2, 0.25) is 10.0 Å². The average molecular weight is 889 g/mol. The number of halogens is 7. The normalized spacial score (nSPS) is 12.7. The van der Waals surface area contributed by atoms with Crippen LogP contribution in [0.5, 0.6) is 11.5 Å². The molecule has 0 bridgehead atoms. The van der Waals surface area contributed by atoms with Gasteiger partial charge in [-0.05, 0) is 66.5 Å². The third kappa shape index (κ3) is 13.2. The van der Waals surface area contributed by atoms with Crippen LogP contribution >= 0.6 is 46.5 Å². The van der Waals surface area contributed by atoms with Crippen molar-refractivity contribution in [1.82, 2.24) is 9.78 Å². The molecule has 0 saturated heterocycles. The zero-order valence-electron chi connectivity index (χ0n) is 28.6. The van der Waals surface area contributed by atoms with Crippen LogP contribution < -0.4 is 16.2 Å². The minimum absolute atomic E-state index is 0.0352. The van der Waals surface area contributed by atoms with Gasteiger partial charge in [0.1, 0.15) is 39.8 Å². The van der Waals surface area contributed by atoms with Crippen molar-refractivity contribution in [3.8, 4) is 22.8 Å². The number of ether oxygens (including phenoxy) is 2. The first-order valence-electron chi connectivity index (χ1n) is 15.1. The van der Waals surface area contributed by atoms with Crippen LogP contribution in [-0.2, 0) is 27.3 Å². The van der Waals surface area contributed by atoms with E-state index in [1.807, 2.05) is 6.07 Å². The van der Waals surface area contributed by atoms with Gasteiger partial charge in [-0.25, -0.2) is 9.18 Å². The van der Waals surface area contributed by atoms with E-state index < -0.39 is 58.5 Å². The van der Waals surface area contributed by atoms with Gasteiger partial charge in [0.2, 0.25) is 0 Å².